The minimum absolute atomic E-state index is 0.0314. The quantitative estimate of drug-likeness (QED) is 0.765. The van der Waals surface area contributed by atoms with Gasteiger partial charge in [-0.3, -0.25) is 4.79 Å². The highest BCUT2D eigenvalue weighted by molar-refractivity contribution is 9.10. The van der Waals surface area contributed by atoms with Crippen molar-refractivity contribution >= 4 is 33.2 Å². The van der Waals surface area contributed by atoms with Gasteiger partial charge in [-0.2, -0.15) is 0 Å². The smallest absolute Gasteiger partial charge is 0.307 e. The number of hydrogen-bond acceptors (Lipinski definition) is 4. The number of hydrogen-bond donors (Lipinski definition) is 1. The lowest BCUT2D eigenvalue weighted by atomic mass is 10.1. The minimum Gasteiger partial charge on any atom is -0.469 e. The Hall–Kier alpha value is -1.17. The van der Waals surface area contributed by atoms with Gasteiger partial charge in [-0.05, 0) is 36.1 Å². The summed E-state index contributed by atoms with van der Waals surface area (Å²) in [4.78, 5) is 12.8. The Bertz CT molecular complexity index is 568. The molecule has 3 nitrogen and oxygen atoms in total. The number of carbonyl (C=O) groups excluding carboxylic acids is 1. The van der Waals surface area contributed by atoms with Gasteiger partial charge in [0.15, 0.2) is 0 Å². The highest BCUT2D eigenvalue weighted by atomic mass is 79.9. The summed E-state index contributed by atoms with van der Waals surface area (Å²) in [5, 5.41) is 5.53. The van der Waals surface area contributed by atoms with Crippen LogP contribution in [0.15, 0.2) is 46.3 Å². The number of esters is 1. The number of rotatable bonds is 6. The average molecular weight is 368 g/mol. The van der Waals surface area contributed by atoms with E-state index in [0.717, 1.165) is 9.35 Å². The van der Waals surface area contributed by atoms with Gasteiger partial charge in [-0.15, -0.1) is 11.3 Å². The van der Waals surface area contributed by atoms with Crippen LogP contribution >= 0.6 is 27.3 Å². The summed E-state index contributed by atoms with van der Waals surface area (Å²) in [5.74, 6) is -0.205. The Morgan fingerprint density at radius 3 is 2.62 bits per heavy atom. The molecule has 0 bridgehead atoms. The van der Waals surface area contributed by atoms with Crippen molar-refractivity contribution in [1.82, 2.24) is 5.32 Å². The molecule has 1 heterocycles. The highest BCUT2D eigenvalue weighted by Gasteiger charge is 2.20. The van der Waals surface area contributed by atoms with E-state index in [9.17, 15) is 4.79 Å². The van der Waals surface area contributed by atoms with Crippen LogP contribution in [0.2, 0.25) is 0 Å². The van der Waals surface area contributed by atoms with Gasteiger partial charge in [-0.25, -0.2) is 0 Å². The third-order valence-electron chi connectivity index (χ3n) is 3.31. The second kappa shape index (κ2) is 7.73. The number of halogens is 1. The monoisotopic (exact) mass is 367 g/mol. The van der Waals surface area contributed by atoms with Crippen LogP contribution in [0.5, 0.6) is 0 Å². The largest absolute Gasteiger partial charge is 0.469 e. The van der Waals surface area contributed by atoms with Gasteiger partial charge in [0.1, 0.15) is 0 Å². The van der Waals surface area contributed by atoms with E-state index < -0.39 is 0 Å². The fourth-order valence-corrected chi connectivity index (χ4v) is 3.18. The number of carbonyl (C=O) groups is 1. The maximum absolute atomic E-state index is 11.6. The van der Waals surface area contributed by atoms with Crippen molar-refractivity contribution in [3.8, 4) is 0 Å². The molecular weight excluding hydrogens is 350 g/mol. The lowest BCUT2D eigenvalue weighted by Gasteiger charge is -2.22. The van der Waals surface area contributed by atoms with Crippen LogP contribution in [0, 0.1) is 0 Å². The molecular formula is C16H18BrNO2S. The van der Waals surface area contributed by atoms with E-state index in [0.29, 0.717) is 6.42 Å². The van der Waals surface area contributed by atoms with Gasteiger partial charge in [0, 0.05) is 15.4 Å². The maximum atomic E-state index is 11.6. The van der Waals surface area contributed by atoms with E-state index in [1.54, 1.807) is 11.3 Å². The molecule has 1 aromatic carbocycles. The predicted molar refractivity (Wildman–Crippen MR) is 89.4 cm³/mol. The van der Waals surface area contributed by atoms with E-state index in [4.69, 9.17) is 4.74 Å². The van der Waals surface area contributed by atoms with Crippen molar-refractivity contribution in [2.75, 3.05) is 7.11 Å². The summed E-state index contributed by atoms with van der Waals surface area (Å²) in [6.45, 7) is 2.10. The molecule has 0 aliphatic heterocycles. The number of methoxy groups -OCH3 is 1. The van der Waals surface area contributed by atoms with Gasteiger partial charge in [-0.1, -0.05) is 34.1 Å². The topological polar surface area (TPSA) is 38.3 Å². The van der Waals surface area contributed by atoms with E-state index in [1.807, 2.05) is 29.6 Å². The van der Waals surface area contributed by atoms with Crippen molar-refractivity contribution in [1.29, 1.82) is 0 Å². The van der Waals surface area contributed by atoms with Gasteiger partial charge in [0.2, 0.25) is 0 Å². The molecule has 2 atom stereocenters. The number of ether oxygens (including phenoxy) is 1. The Balaban J connectivity index is 2.10. The first-order valence-electron chi connectivity index (χ1n) is 6.72. The van der Waals surface area contributed by atoms with Crippen LogP contribution in [0.25, 0.3) is 0 Å². The Kier molecular flexibility index (Phi) is 5.96. The minimum atomic E-state index is -0.205. The molecule has 21 heavy (non-hydrogen) atoms. The van der Waals surface area contributed by atoms with Crippen LogP contribution < -0.4 is 5.32 Å². The molecule has 0 aliphatic carbocycles. The molecule has 0 saturated heterocycles. The lowest BCUT2D eigenvalue weighted by Crippen LogP contribution is -2.26. The third kappa shape index (κ3) is 4.66. The molecule has 0 saturated carbocycles. The number of nitrogens with one attached hydrogen (secondary N) is 1. The second-order valence-corrected chi connectivity index (χ2v) is 6.68. The first kappa shape index (κ1) is 16.2. The molecule has 0 aliphatic rings. The predicted octanol–water partition coefficient (Wildman–Crippen LogP) is 4.47. The molecule has 5 heteroatoms. The zero-order chi connectivity index (χ0) is 15.2. The average Bonchev–Trinajstić information content (AvgIpc) is 3.01. The molecule has 1 N–H and O–H groups in total. The van der Waals surface area contributed by atoms with Gasteiger partial charge < -0.3 is 10.1 Å². The van der Waals surface area contributed by atoms with Crippen LogP contribution in [0.1, 0.15) is 35.9 Å². The molecule has 0 radical (unpaired) electrons. The van der Waals surface area contributed by atoms with Gasteiger partial charge >= 0.3 is 5.97 Å². The fraction of sp³-hybridized carbons (Fsp3) is 0.312. The fourth-order valence-electron chi connectivity index (χ4n) is 2.13. The highest BCUT2D eigenvalue weighted by Crippen LogP contribution is 2.26. The zero-order valence-corrected chi connectivity index (χ0v) is 14.4. The second-order valence-electron chi connectivity index (χ2n) is 4.79. The Labute approximate surface area is 137 Å². The van der Waals surface area contributed by atoms with Crippen molar-refractivity contribution in [3.63, 3.8) is 0 Å². The molecule has 2 unspecified atom stereocenters. The summed E-state index contributed by atoms with van der Waals surface area (Å²) in [6.07, 6.45) is 0.331. The normalized spacial score (nSPS) is 13.7. The maximum Gasteiger partial charge on any atom is 0.307 e. The van der Waals surface area contributed by atoms with E-state index in [1.165, 1.54) is 12.7 Å². The third-order valence-corrected chi connectivity index (χ3v) is 4.82. The number of benzene rings is 1. The van der Waals surface area contributed by atoms with Gasteiger partial charge in [0.05, 0.1) is 19.6 Å². The Morgan fingerprint density at radius 1 is 1.33 bits per heavy atom. The lowest BCUT2D eigenvalue weighted by molar-refractivity contribution is -0.141. The Morgan fingerprint density at radius 2 is 2.05 bits per heavy atom. The molecule has 0 fully saturated rings. The zero-order valence-electron chi connectivity index (χ0n) is 12.0. The van der Waals surface area contributed by atoms with Crippen LogP contribution in [0.4, 0.5) is 0 Å². The molecule has 2 aromatic rings. The summed E-state index contributed by atoms with van der Waals surface area (Å²) in [5.41, 5.74) is 1.18. The van der Waals surface area contributed by atoms with Crippen molar-refractivity contribution < 1.29 is 9.53 Å². The summed E-state index contributed by atoms with van der Waals surface area (Å²) < 4.78 is 5.86. The molecule has 0 spiro atoms. The van der Waals surface area contributed by atoms with Crippen LogP contribution in [0.3, 0.4) is 0 Å². The standard InChI is InChI=1S/C16H18BrNO2S/c1-11(12-5-7-13(17)8-6-12)18-14(10-16(19)20-2)15-4-3-9-21-15/h3-9,11,14,18H,10H2,1-2H3. The SMILES string of the molecule is COC(=O)CC(NC(C)c1ccc(Br)cc1)c1cccs1. The van der Waals surface area contributed by atoms with Crippen LogP contribution in [-0.4, -0.2) is 13.1 Å². The summed E-state index contributed by atoms with van der Waals surface area (Å²) in [6, 6.07) is 12.3. The molecule has 0 amide bonds. The number of thiophene rings is 1. The van der Waals surface area contributed by atoms with E-state index in [2.05, 4.69) is 40.3 Å². The first-order valence-corrected chi connectivity index (χ1v) is 8.39. The molecule has 1 aromatic heterocycles. The van der Waals surface area contributed by atoms with Crippen molar-refractivity contribution in [2.24, 2.45) is 0 Å². The summed E-state index contributed by atoms with van der Waals surface area (Å²) >= 11 is 5.08. The van der Waals surface area contributed by atoms with Crippen molar-refractivity contribution in [2.45, 2.75) is 25.4 Å². The molecule has 2 rings (SSSR count). The van der Waals surface area contributed by atoms with Crippen LogP contribution in [-0.2, 0) is 9.53 Å². The molecule has 112 valence electrons. The van der Waals surface area contributed by atoms with E-state index >= 15 is 0 Å². The first-order chi connectivity index (χ1) is 10.1. The van der Waals surface area contributed by atoms with E-state index in [-0.39, 0.29) is 18.1 Å². The van der Waals surface area contributed by atoms with Gasteiger partial charge in [0.25, 0.3) is 0 Å². The summed E-state index contributed by atoms with van der Waals surface area (Å²) in [7, 11) is 1.42. The van der Waals surface area contributed by atoms with Crippen molar-refractivity contribution in [3.05, 3.63) is 56.7 Å².